The van der Waals surface area contributed by atoms with Gasteiger partial charge >= 0.3 is 0 Å². The van der Waals surface area contributed by atoms with Crippen LogP contribution in [0.3, 0.4) is 0 Å². The molecule has 2 aromatic carbocycles. The number of nitrogens with zero attached hydrogens (tertiary/aromatic N) is 2. The average molecular weight is 547 g/mol. The Hall–Kier alpha value is -2.78. The number of nitrogens with one attached hydrogen (secondary N) is 2. The number of piperidine rings is 1. The number of halogens is 2. The van der Waals surface area contributed by atoms with Crippen molar-refractivity contribution in [3.63, 3.8) is 0 Å². The van der Waals surface area contributed by atoms with E-state index in [0.717, 1.165) is 42.7 Å². The molecule has 1 saturated heterocycles. The van der Waals surface area contributed by atoms with Crippen molar-refractivity contribution >= 4 is 34.8 Å². The van der Waals surface area contributed by atoms with Gasteiger partial charge in [0.05, 0.1) is 15.8 Å². The number of hydrogen-bond donors (Lipinski definition) is 3. The number of aliphatic hydroxyl groups is 1. The minimum absolute atomic E-state index is 0.0718. The lowest BCUT2D eigenvalue weighted by Gasteiger charge is -2.33. The maximum Gasteiger partial charge on any atom is 0.260 e. The van der Waals surface area contributed by atoms with Crippen molar-refractivity contribution in [2.24, 2.45) is 5.10 Å². The van der Waals surface area contributed by atoms with E-state index in [4.69, 9.17) is 32.7 Å². The highest BCUT2D eigenvalue weighted by Crippen LogP contribution is 2.27. The van der Waals surface area contributed by atoms with Crippen molar-refractivity contribution in [2.45, 2.75) is 37.8 Å². The van der Waals surface area contributed by atoms with Gasteiger partial charge in [0.1, 0.15) is 24.2 Å². The molecule has 0 bridgehead atoms. The molecule has 0 unspecified atom stereocenters. The Kier molecular flexibility index (Phi) is 9.68. The van der Waals surface area contributed by atoms with E-state index in [1.54, 1.807) is 29.2 Å². The summed E-state index contributed by atoms with van der Waals surface area (Å²) in [7, 11) is 0. The first kappa shape index (κ1) is 27.3. The molecule has 8 nitrogen and oxygen atoms in total. The number of amides is 1. The zero-order valence-electron chi connectivity index (χ0n) is 20.6. The van der Waals surface area contributed by atoms with Crippen LogP contribution in [0.2, 0.25) is 10.0 Å². The van der Waals surface area contributed by atoms with Gasteiger partial charge in [-0.05, 0) is 61.6 Å². The van der Waals surface area contributed by atoms with Crippen molar-refractivity contribution < 1.29 is 19.4 Å². The molecule has 10 heteroatoms. The van der Waals surface area contributed by atoms with Crippen molar-refractivity contribution in [1.82, 2.24) is 15.6 Å². The minimum Gasteiger partial charge on any atom is -0.489 e. The lowest BCUT2D eigenvalue weighted by atomic mass is 10.0. The molecule has 4 rings (SSSR count). The maximum atomic E-state index is 12.7. The second-order valence-corrected chi connectivity index (χ2v) is 9.98. The van der Waals surface area contributed by atoms with Crippen LogP contribution in [-0.2, 0) is 4.79 Å². The number of para-hydroxylation sites is 1. The first-order valence-electron chi connectivity index (χ1n) is 12.4. The Bertz CT molecular complexity index is 1140. The molecule has 37 heavy (non-hydrogen) atoms. The fourth-order valence-corrected chi connectivity index (χ4v) is 4.63. The second kappa shape index (κ2) is 13.1. The van der Waals surface area contributed by atoms with Crippen LogP contribution in [0.15, 0.2) is 59.8 Å². The summed E-state index contributed by atoms with van der Waals surface area (Å²) in [6, 6.07) is 12.9. The van der Waals surface area contributed by atoms with Crippen LogP contribution in [0.25, 0.3) is 0 Å². The molecule has 1 amide bonds. The smallest absolute Gasteiger partial charge is 0.260 e. The number of hydrogen-bond acceptors (Lipinski definition) is 7. The Morgan fingerprint density at radius 1 is 1.14 bits per heavy atom. The summed E-state index contributed by atoms with van der Waals surface area (Å²) in [5.41, 5.74) is 5.63. The average Bonchev–Trinajstić information content (AvgIpc) is 2.91. The van der Waals surface area contributed by atoms with Gasteiger partial charge in [-0.15, -0.1) is 0 Å². The summed E-state index contributed by atoms with van der Waals surface area (Å²) in [5, 5.41) is 18.9. The Labute approximate surface area is 227 Å². The number of carbonyl (C=O) groups is 1. The third-order valence-electron chi connectivity index (χ3n) is 6.39. The van der Waals surface area contributed by atoms with Crippen LogP contribution >= 0.6 is 23.2 Å². The van der Waals surface area contributed by atoms with E-state index >= 15 is 0 Å². The third-order valence-corrected chi connectivity index (χ3v) is 6.99. The van der Waals surface area contributed by atoms with Gasteiger partial charge < -0.3 is 24.8 Å². The summed E-state index contributed by atoms with van der Waals surface area (Å²) >= 11 is 12.5. The molecule has 1 atom stereocenters. The van der Waals surface area contributed by atoms with Gasteiger partial charge in [0.25, 0.3) is 5.91 Å². The summed E-state index contributed by atoms with van der Waals surface area (Å²) < 4.78 is 11.3. The quantitative estimate of drug-likeness (QED) is 0.417. The number of allylic oxidation sites excluding steroid dienone is 1. The van der Waals surface area contributed by atoms with Crippen LogP contribution in [0, 0.1) is 0 Å². The maximum absolute atomic E-state index is 12.7. The standard InChI is InChI=1S/C27H32Cl2N4O4/c1-18-6-8-24(32-31-18)19-7-9-26(23(29)14-19)37-17-27(35)33-12-10-20(11-13-33)30-15-21(34)16-36-25-5-3-2-4-22(25)28/h2-5,7,9,14,20-21,30-31,34H,1,6,8,10-13,15-17H2/t21-/m0/s1. The largest absolute Gasteiger partial charge is 0.489 e. The molecule has 2 aromatic rings. The highest BCUT2D eigenvalue weighted by Gasteiger charge is 2.24. The van der Waals surface area contributed by atoms with Gasteiger partial charge in [0.2, 0.25) is 0 Å². The molecule has 0 saturated carbocycles. The van der Waals surface area contributed by atoms with Crippen LogP contribution in [0.5, 0.6) is 11.5 Å². The zero-order valence-corrected chi connectivity index (χ0v) is 22.1. The van der Waals surface area contributed by atoms with E-state index in [2.05, 4.69) is 22.4 Å². The van der Waals surface area contributed by atoms with E-state index < -0.39 is 6.10 Å². The molecule has 198 valence electrons. The summed E-state index contributed by atoms with van der Waals surface area (Å²) in [4.78, 5) is 14.5. The number of ether oxygens (including phenoxy) is 2. The number of hydrazone groups is 1. The van der Waals surface area contributed by atoms with Crippen LogP contribution in [0.4, 0.5) is 0 Å². The van der Waals surface area contributed by atoms with Crippen molar-refractivity contribution in [3.05, 3.63) is 70.3 Å². The number of carbonyl (C=O) groups excluding carboxylic acids is 1. The molecule has 0 aliphatic carbocycles. The molecule has 2 aliphatic heterocycles. The number of benzene rings is 2. The van der Waals surface area contributed by atoms with Gasteiger partial charge in [-0.3, -0.25) is 10.2 Å². The van der Waals surface area contributed by atoms with Crippen molar-refractivity contribution in [1.29, 1.82) is 0 Å². The van der Waals surface area contributed by atoms with Crippen LogP contribution < -0.4 is 20.2 Å². The lowest BCUT2D eigenvalue weighted by Crippen LogP contribution is -2.48. The fourth-order valence-electron chi connectivity index (χ4n) is 4.21. The Morgan fingerprint density at radius 3 is 2.59 bits per heavy atom. The minimum atomic E-state index is -0.665. The van der Waals surface area contributed by atoms with E-state index in [-0.39, 0.29) is 25.2 Å². The van der Waals surface area contributed by atoms with Crippen LogP contribution in [0.1, 0.15) is 31.2 Å². The third kappa shape index (κ3) is 7.85. The second-order valence-electron chi connectivity index (χ2n) is 9.17. The molecule has 1 fully saturated rings. The molecule has 0 aromatic heterocycles. The topological polar surface area (TPSA) is 95.4 Å². The van der Waals surface area contributed by atoms with E-state index in [0.29, 0.717) is 41.2 Å². The molecule has 0 radical (unpaired) electrons. The lowest BCUT2D eigenvalue weighted by molar-refractivity contribution is -0.134. The highest BCUT2D eigenvalue weighted by atomic mass is 35.5. The van der Waals surface area contributed by atoms with E-state index in [1.165, 1.54) is 0 Å². The Balaban J connectivity index is 1.15. The van der Waals surface area contributed by atoms with Gasteiger partial charge in [-0.1, -0.05) is 41.9 Å². The normalized spacial score (nSPS) is 17.1. The molecular weight excluding hydrogens is 515 g/mol. The van der Waals surface area contributed by atoms with Crippen LogP contribution in [-0.4, -0.2) is 66.6 Å². The number of likely N-dealkylation sites (tertiary alicyclic amines) is 1. The zero-order chi connectivity index (χ0) is 26.2. The monoisotopic (exact) mass is 546 g/mol. The number of aliphatic hydroxyl groups excluding tert-OH is 1. The van der Waals surface area contributed by atoms with Crippen molar-refractivity contribution in [2.75, 3.05) is 32.8 Å². The molecular formula is C27H32Cl2N4O4. The fraction of sp³-hybridized carbons (Fsp3) is 0.407. The first-order chi connectivity index (χ1) is 17.9. The van der Waals surface area contributed by atoms with Crippen molar-refractivity contribution in [3.8, 4) is 11.5 Å². The summed E-state index contributed by atoms with van der Waals surface area (Å²) in [6.45, 7) is 5.59. The molecule has 2 heterocycles. The van der Waals surface area contributed by atoms with Gasteiger partial charge in [0, 0.05) is 31.4 Å². The molecule has 3 N–H and O–H groups in total. The molecule has 0 spiro atoms. The van der Waals surface area contributed by atoms with E-state index in [1.807, 2.05) is 18.2 Å². The van der Waals surface area contributed by atoms with Gasteiger partial charge in [-0.25, -0.2) is 0 Å². The highest BCUT2D eigenvalue weighted by molar-refractivity contribution is 6.32. The predicted molar refractivity (Wildman–Crippen MR) is 146 cm³/mol. The summed E-state index contributed by atoms with van der Waals surface area (Å²) in [6.07, 6.45) is 2.54. The first-order valence-corrected chi connectivity index (χ1v) is 13.1. The predicted octanol–water partition coefficient (Wildman–Crippen LogP) is 3.99. The van der Waals surface area contributed by atoms with Gasteiger partial charge in [0.15, 0.2) is 6.61 Å². The van der Waals surface area contributed by atoms with Gasteiger partial charge in [-0.2, -0.15) is 5.10 Å². The number of rotatable bonds is 10. The SMILES string of the molecule is C=C1CCC(c2ccc(OCC(=O)N3CCC(NC[C@H](O)COc4ccccc4Cl)CC3)c(Cl)c2)=NN1. The van der Waals surface area contributed by atoms with E-state index in [9.17, 15) is 9.90 Å². The Morgan fingerprint density at radius 2 is 1.89 bits per heavy atom. The summed E-state index contributed by atoms with van der Waals surface area (Å²) in [5.74, 6) is 0.945. The molecule has 2 aliphatic rings.